The van der Waals surface area contributed by atoms with Gasteiger partial charge in [0.2, 0.25) is 0 Å². The molecule has 0 bridgehead atoms. The van der Waals surface area contributed by atoms with Gasteiger partial charge in [0.1, 0.15) is 0 Å². The van der Waals surface area contributed by atoms with Gasteiger partial charge in [0.15, 0.2) is 23.1 Å². The number of Topliss-reactive ketones (excluding diaryl/α,β-unsaturated/α-hetero) is 4. The molecule has 91 heavy (non-hydrogen) atoms. The minimum atomic E-state index is -0.564. The maximum absolute atomic E-state index is 12.6. The summed E-state index contributed by atoms with van der Waals surface area (Å²) < 4.78 is 8.01. The Balaban J connectivity index is 0.000000140. The molecule has 474 valence electrons. The fraction of sp³-hybridized carbons (Fsp3) is 0.397. The third-order valence-corrected chi connectivity index (χ3v) is 20.5. The van der Waals surface area contributed by atoms with Crippen LogP contribution in [0.15, 0.2) is 176 Å². The molecule has 1 N–H and O–H groups in total. The molecule has 3 saturated heterocycles. The highest BCUT2D eigenvalue weighted by Gasteiger charge is 2.32. The van der Waals surface area contributed by atoms with Crippen molar-refractivity contribution < 1.29 is 24.3 Å². The van der Waals surface area contributed by atoms with Crippen LogP contribution in [0.25, 0.3) is 42.9 Å². The number of unbranched alkanes of at least 4 members (excludes halogenated alkanes) is 3. The minimum absolute atomic E-state index is 0.123. The normalized spacial score (nSPS) is 16.0. The Hall–Kier alpha value is -7.65. The summed E-state index contributed by atoms with van der Waals surface area (Å²) in [6.07, 6.45) is 19.6. The highest BCUT2D eigenvalue weighted by molar-refractivity contribution is 7.18. The summed E-state index contributed by atoms with van der Waals surface area (Å²) in [6.45, 7) is 17.3. The molecule has 7 heterocycles. The summed E-state index contributed by atoms with van der Waals surface area (Å²) in [5.41, 5.74) is 8.58. The molecule has 13 heteroatoms. The fourth-order valence-corrected chi connectivity index (χ4v) is 15.2. The van der Waals surface area contributed by atoms with Crippen molar-refractivity contribution in [3.05, 3.63) is 209 Å². The van der Waals surface area contributed by atoms with Gasteiger partial charge in [-0.3, -0.25) is 19.2 Å². The van der Waals surface area contributed by atoms with E-state index >= 15 is 0 Å². The van der Waals surface area contributed by atoms with Crippen molar-refractivity contribution in [3.8, 4) is 0 Å². The topological polar surface area (TPSA) is 126 Å². The van der Waals surface area contributed by atoms with E-state index in [-0.39, 0.29) is 23.3 Å². The molecule has 0 spiro atoms. The van der Waals surface area contributed by atoms with E-state index in [1.807, 2.05) is 121 Å². The minimum Gasteiger partial charge on any atom is -0.389 e. The number of piperidine rings is 3. The van der Waals surface area contributed by atoms with E-state index in [0.29, 0.717) is 11.7 Å². The number of para-hydroxylation sites is 4. The van der Waals surface area contributed by atoms with Gasteiger partial charge in [0.25, 0.3) is 0 Å². The van der Waals surface area contributed by atoms with Crippen molar-refractivity contribution in [2.24, 2.45) is 5.92 Å². The molecule has 3 fully saturated rings. The van der Waals surface area contributed by atoms with Crippen LogP contribution in [0.5, 0.6) is 0 Å². The van der Waals surface area contributed by atoms with Crippen LogP contribution in [0.1, 0.15) is 156 Å². The Morgan fingerprint density at radius 3 is 1.30 bits per heavy atom. The van der Waals surface area contributed by atoms with Crippen LogP contribution < -0.4 is 0 Å². The maximum Gasteiger partial charge on any atom is 0.166 e. The summed E-state index contributed by atoms with van der Waals surface area (Å²) in [7, 11) is 0. The molecule has 0 atom stereocenters. The highest BCUT2D eigenvalue weighted by Crippen LogP contribution is 2.35. The van der Waals surface area contributed by atoms with Crippen LogP contribution in [0.3, 0.4) is 0 Å². The quantitative estimate of drug-likeness (QED) is 0.0492. The van der Waals surface area contributed by atoms with Crippen molar-refractivity contribution in [1.29, 1.82) is 0 Å². The summed E-state index contributed by atoms with van der Waals surface area (Å²) in [5.74, 6) is 1.48. The zero-order chi connectivity index (χ0) is 63.1. The molecule has 4 aromatic heterocycles. The zero-order valence-electron chi connectivity index (χ0n) is 53.7. The molecule has 6 aromatic carbocycles. The predicted octanol–water partition coefficient (Wildman–Crippen LogP) is 16.0. The second kappa shape index (κ2) is 31.1. The van der Waals surface area contributed by atoms with Gasteiger partial charge in [0.05, 0.1) is 20.8 Å². The average Bonchev–Trinajstić information content (AvgIpc) is 1.81. The van der Waals surface area contributed by atoms with E-state index in [2.05, 4.69) is 95.1 Å². The van der Waals surface area contributed by atoms with E-state index in [1.54, 1.807) is 20.8 Å². The summed E-state index contributed by atoms with van der Waals surface area (Å²) in [6, 6.07) is 53.0. The first-order chi connectivity index (χ1) is 44.4. The summed E-state index contributed by atoms with van der Waals surface area (Å²) >= 11 is 1.87. The van der Waals surface area contributed by atoms with Crippen molar-refractivity contribution in [3.63, 3.8) is 0 Å². The number of thiazole rings is 1. The van der Waals surface area contributed by atoms with Crippen molar-refractivity contribution in [2.75, 3.05) is 58.9 Å². The number of benzene rings is 6. The van der Waals surface area contributed by atoms with Gasteiger partial charge in [-0.05, 0) is 180 Å². The number of nitrogens with zero attached hydrogens (tertiary/aromatic N) is 7. The molecule has 0 amide bonds. The van der Waals surface area contributed by atoms with Crippen LogP contribution in [0.4, 0.5) is 0 Å². The van der Waals surface area contributed by atoms with Gasteiger partial charge >= 0.3 is 0 Å². The third kappa shape index (κ3) is 16.7. The third-order valence-electron chi connectivity index (χ3n) is 19.3. The largest absolute Gasteiger partial charge is 0.389 e. The van der Waals surface area contributed by atoms with Crippen molar-refractivity contribution >= 4 is 77.4 Å². The molecule has 0 saturated carbocycles. The standard InChI is InChI=1S/C26H29N3OS.C26H32N2O2.C26H30N2O2/c1-19(30)22-18-29(24-10-4-2-8-21(22)24)15-7-6-14-28-16-12-20(13-17-28)26-27-23-9-3-5-11-25(23)31-26;1-21(29)24-20-28(25-12-6-5-11-23(24)25)16-8-7-15-27-17-13-26(30,14-18-27)19-22-9-3-2-4-10-22;1-20(29)24-19-28(25-12-6-5-11-23(24)25)16-8-7-15-27-17-13-22(14-18-27)26(30)21-9-3-2-4-10-21/h2-5,8-11,18,20H,6-7,12-17H2,1H3;2-6,9-12,20,30H,7-8,13-19H2,1H3;2-6,9-12,19,22H,7-8,13-18H2,1H3. The molecule has 0 aliphatic carbocycles. The first kappa shape index (κ1) is 64.9. The van der Waals surface area contributed by atoms with Gasteiger partial charge in [0, 0.05) is 125 Å². The van der Waals surface area contributed by atoms with Gasteiger partial charge in [-0.25, -0.2) is 4.98 Å². The lowest BCUT2D eigenvalue weighted by molar-refractivity contribution is -0.0208. The SMILES string of the molecule is CC(=O)c1cn(CCCCN2CCC(C(=O)c3ccccc3)CC2)c2ccccc12.CC(=O)c1cn(CCCCN2CCC(O)(Cc3ccccc3)CC2)c2ccccc12.CC(=O)c1cn(CCCCN2CCC(c3nc4ccccc4s3)CC2)c2ccccc12. The molecule has 12 nitrogen and oxygen atoms in total. The average molecular weight is 1240 g/mol. The number of aryl methyl sites for hydroxylation is 3. The van der Waals surface area contributed by atoms with Crippen LogP contribution in [-0.4, -0.2) is 126 Å². The van der Waals surface area contributed by atoms with E-state index < -0.39 is 5.60 Å². The number of likely N-dealkylation sites (tertiary alicyclic amines) is 3. The van der Waals surface area contributed by atoms with Crippen LogP contribution in [-0.2, 0) is 26.1 Å². The molecule has 3 aliphatic rings. The Morgan fingerprint density at radius 2 is 0.846 bits per heavy atom. The number of carbonyl (C=O) groups is 4. The Labute approximate surface area is 541 Å². The lowest BCUT2D eigenvalue weighted by atomic mass is 9.85. The molecule has 3 aliphatic heterocycles. The predicted molar refractivity (Wildman–Crippen MR) is 372 cm³/mol. The highest BCUT2D eigenvalue weighted by atomic mass is 32.1. The van der Waals surface area contributed by atoms with Gasteiger partial charge in [-0.15, -0.1) is 11.3 Å². The molecule has 10 aromatic rings. The maximum atomic E-state index is 12.6. The van der Waals surface area contributed by atoms with Gasteiger partial charge in [-0.1, -0.05) is 127 Å². The lowest BCUT2D eigenvalue weighted by Crippen LogP contribution is -2.45. The molecule has 13 rings (SSSR count). The smallest absolute Gasteiger partial charge is 0.166 e. The molecular formula is C78H91N7O5S. The number of aromatic nitrogens is 4. The number of rotatable bonds is 23. The summed E-state index contributed by atoms with van der Waals surface area (Å²) in [5, 5.41) is 15.5. The Kier molecular flexibility index (Phi) is 22.2. The van der Waals surface area contributed by atoms with Gasteiger partial charge in [-0.2, -0.15) is 0 Å². The second-order valence-corrected chi connectivity index (χ2v) is 26.8. The number of aliphatic hydroxyl groups is 1. The number of fused-ring (bicyclic) bond motifs is 4. The van der Waals surface area contributed by atoms with Crippen LogP contribution in [0.2, 0.25) is 0 Å². The van der Waals surface area contributed by atoms with Gasteiger partial charge < -0.3 is 33.5 Å². The molecule has 0 radical (unpaired) electrons. The Morgan fingerprint density at radius 1 is 0.462 bits per heavy atom. The van der Waals surface area contributed by atoms with E-state index in [4.69, 9.17) is 4.98 Å². The summed E-state index contributed by atoms with van der Waals surface area (Å²) in [4.78, 5) is 60.9. The number of carbonyl (C=O) groups excluding carboxylic acids is 4. The number of hydrogen-bond acceptors (Lipinski definition) is 10. The first-order valence-corrected chi connectivity index (χ1v) is 34.3. The second-order valence-electron chi connectivity index (χ2n) is 25.8. The number of ketones is 4. The van der Waals surface area contributed by atoms with Crippen molar-refractivity contribution in [2.45, 2.75) is 135 Å². The van der Waals surface area contributed by atoms with E-state index in [0.717, 1.165) is 185 Å². The van der Waals surface area contributed by atoms with E-state index in [9.17, 15) is 24.3 Å². The van der Waals surface area contributed by atoms with Crippen molar-refractivity contribution in [1.82, 2.24) is 33.4 Å². The van der Waals surface area contributed by atoms with E-state index in [1.165, 1.54) is 53.1 Å². The first-order valence-electron chi connectivity index (χ1n) is 33.5. The zero-order valence-corrected chi connectivity index (χ0v) is 54.5. The monoisotopic (exact) mass is 1240 g/mol. The Bertz CT molecular complexity index is 3990. The molecular weight excluding hydrogens is 1150 g/mol. The fourth-order valence-electron chi connectivity index (χ4n) is 14.1. The number of hydrogen-bond donors (Lipinski definition) is 1. The van der Waals surface area contributed by atoms with Crippen LogP contribution in [0, 0.1) is 5.92 Å². The van der Waals surface area contributed by atoms with Crippen LogP contribution >= 0.6 is 11.3 Å². The lowest BCUT2D eigenvalue weighted by Gasteiger charge is -2.38. The molecule has 0 unspecified atom stereocenters.